The summed E-state index contributed by atoms with van der Waals surface area (Å²) in [5.41, 5.74) is 0.576. The third kappa shape index (κ3) is 7.65. The molecule has 1 aliphatic carbocycles. The third-order valence-corrected chi connectivity index (χ3v) is 6.71. The summed E-state index contributed by atoms with van der Waals surface area (Å²) < 4.78 is 68.8. The average Bonchev–Trinajstić information content (AvgIpc) is 2.77. The molecule has 3 rings (SSSR count). The van der Waals surface area contributed by atoms with Crippen LogP contribution in [0.5, 0.6) is 11.6 Å². The van der Waals surface area contributed by atoms with Gasteiger partial charge < -0.3 is 19.1 Å². The SMILES string of the molecule is Cc1c(OC2CCN(C(=O)OC(C)C)CC2)ccnc1OC1CC(F)=C(CCS(C)(=O)=O)C=C1F. The van der Waals surface area contributed by atoms with Gasteiger partial charge in [-0.05, 0) is 44.9 Å². The summed E-state index contributed by atoms with van der Waals surface area (Å²) in [6.45, 7) is 6.35. The minimum atomic E-state index is -3.29. The highest BCUT2D eigenvalue weighted by Crippen LogP contribution is 2.34. The minimum absolute atomic E-state index is 0.0261. The normalized spacial score (nSPS) is 19.6. The molecule has 0 saturated carbocycles. The number of carbonyl (C=O) groups excluding carboxylic acids is 1. The number of amides is 1. The lowest BCUT2D eigenvalue weighted by atomic mass is 10.0. The fourth-order valence-corrected chi connectivity index (χ4v) is 4.41. The Morgan fingerprint density at radius 3 is 2.54 bits per heavy atom. The molecule has 8 nitrogen and oxygen atoms in total. The van der Waals surface area contributed by atoms with Crippen molar-refractivity contribution >= 4 is 15.9 Å². The number of likely N-dealkylation sites (tertiary alicyclic amines) is 1. The molecular weight excluding hydrogens is 482 g/mol. The number of allylic oxidation sites excluding steroid dienone is 2. The zero-order valence-electron chi connectivity index (χ0n) is 20.4. The summed E-state index contributed by atoms with van der Waals surface area (Å²) in [6, 6.07) is 1.68. The van der Waals surface area contributed by atoms with E-state index in [1.54, 1.807) is 31.7 Å². The number of rotatable bonds is 8. The lowest BCUT2D eigenvalue weighted by Gasteiger charge is -2.32. The number of sulfone groups is 1. The Morgan fingerprint density at radius 2 is 1.91 bits per heavy atom. The van der Waals surface area contributed by atoms with Crippen LogP contribution in [-0.2, 0) is 14.6 Å². The molecule has 11 heteroatoms. The van der Waals surface area contributed by atoms with Crippen LogP contribution in [0.3, 0.4) is 0 Å². The number of piperidine rings is 1. The van der Waals surface area contributed by atoms with Crippen molar-refractivity contribution in [1.29, 1.82) is 0 Å². The molecule has 1 amide bonds. The second kappa shape index (κ2) is 11.4. The topological polar surface area (TPSA) is 95.0 Å². The Hall–Kier alpha value is -2.69. The monoisotopic (exact) mass is 514 g/mol. The first-order valence-electron chi connectivity index (χ1n) is 11.6. The van der Waals surface area contributed by atoms with Gasteiger partial charge in [-0.2, -0.15) is 0 Å². The first kappa shape index (κ1) is 26.9. The van der Waals surface area contributed by atoms with Gasteiger partial charge in [-0.3, -0.25) is 0 Å². The number of ether oxygens (including phenoxy) is 3. The van der Waals surface area contributed by atoms with Crippen molar-refractivity contribution in [2.24, 2.45) is 0 Å². The van der Waals surface area contributed by atoms with Crippen LogP contribution >= 0.6 is 0 Å². The van der Waals surface area contributed by atoms with Crippen LogP contribution in [0.25, 0.3) is 0 Å². The second-order valence-corrected chi connectivity index (χ2v) is 11.4. The average molecular weight is 515 g/mol. The van der Waals surface area contributed by atoms with Crippen molar-refractivity contribution in [2.75, 3.05) is 25.1 Å². The van der Waals surface area contributed by atoms with Gasteiger partial charge in [0.2, 0.25) is 5.88 Å². The zero-order chi connectivity index (χ0) is 25.8. The molecule has 1 aromatic rings. The van der Waals surface area contributed by atoms with Crippen LogP contribution in [0.15, 0.2) is 35.6 Å². The fourth-order valence-electron chi connectivity index (χ4n) is 3.82. The van der Waals surface area contributed by atoms with Crippen LogP contribution in [0.2, 0.25) is 0 Å². The van der Waals surface area contributed by atoms with Gasteiger partial charge >= 0.3 is 6.09 Å². The minimum Gasteiger partial charge on any atom is -0.490 e. The first-order chi connectivity index (χ1) is 16.4. The van der Waals surface area contributed by atoms with Gasteiger partial charge in [0.05, 0.1) is 17.4 Å². The molecule has 35 heavy (non-hydrogen) atoms. The summed E-state index contributed by atoms with van der Waals surface area (Å²) in [5, 5.41) is 0. The molecular formula is C24H32F2N2O6S. The Bertz CT molecular complexity index is 1100. The Morgan fingerprint density at radius 1 is 1.23 bits per heavy atom. The standard InChI is InChI=1S/C24H32F2N2O6S/c1-15(2)32-24(29)28-10-6-18(7-11-28)33-21-5-9-27-23(16(21)3)34-22-14-19(25)17(13-20(22)26)8-12-35(4,30)31/h5,9,13,15,18,22H,6-8,10-12,14H2,1-4H3. The molecule has 0 N–H and O–H groups in total. The molecule has 2 heterocycles. The van der Waals surface area contributed by atoms with E-state index in [0.29, 0.717) is 37.2 Å². The molecule has 0 radical (unpaired) electrons. The van der Waals surface area contributed by atoms with E-state index in [9.17, 15) is 22.0 Å². The lowest BCUT2D eigenvalue weighted by molar-refractivity contribution is 0.0514. The fraction of sp³-hybridized carbons (Fsp3) is 0.583. The molecule has 2 aliphatic rings. The number of hydrogen-bond donors (Lipinski definition) is 0. The summed E-state index contributed by atoms with van der Waals surface area (Å²) in [6.07, 6.45) is 2.48. The van der Waals surface area contributed by atoms with Gasteiger partial charge in [0, 0.05) is 44.8 Å². The van der Waals surface area contributed by atoms with E-state index < -0.39 is 27.6 Å². The molecule has 0 spiro atoms. The van der Waals surface area contributed by atoms with Crippen LogP contribution in [-0.4, -0.2) is 67.8 Å². The first-order valence-corrected chi connectivity index (χ1v) is 13.7. The van der Waals surface area contributed by atoms with Gasteiger partial charge in [-0.1, -0.05) is 0 Å². The zero-order valence-corrected chi connectivity index (χ0v) is 21.2. The summed E-state index contributed by atoms with van der Waals surface area (Å²) >= 11 is 0. The van der Waals surface area contributed by atoms with Crippen molar-refractivity contribution in [3.63, 3.8) is 0 Å². The predicted octanol–water partition coefficient (Wildman–Crippen LogP) is 4.44. The molecule has 0 bridgehead atoms. The largest absolute Gasteiger partial charge is 0.490 e. The molecule has 1 fully saturated rings. The quantitative estimate of drug-likeness (QED) is 0.506. The van der Waals surface area contributed by atoms with Crippen LogP contribution in [0, 0.1) is 6.92 Å². The van der Waals surface area contributed by atoms with Crippen LogP contribution in [0.1, 0.15) is 45.1 Å². The van der Waals surface area contributed by atoms with Crippen molar-refractivity contribution in [3.05, 3.63) is 41.1 Å². The van der Waals surface area contributed by atoms with E-state index >= 15 is 0 Å². The van der Waals surface area contributed by atoms with Crippen LogP contribution in [0.4, 0.5) is 13.6 Å². The summed E-state index contributed by atoms with van der Waals surface area (Å²) in [7, 11) is -3.29. The summed E-state index contributed by atoms with van der Waals surface area (Å²) in [5.74, 6) is -0.913. The Balaban J connectivity index is 1.60. The highest BCUT2D eigenvalue weighted by Gasteiger charge is 2.29. The number of halogens is 2. The second-order valence-electron chi connectivity index (χ2n) is 9.13. The van der Waals surface area contributed by atoms with E-state index in [1.165, 1.54) is 6.20 Å². The van der Waals surface area contributed by atoms with E-state index in [-0.39, 0.29) is 48.3 Å². The van der Waals surface area contributed by atoms with E-state index in [4.69, 9.17) is 14.2 Å². The summed E-state index contributed by atoms with van der Waals surface area (Å²) in [4.78, 5) is 17.9. The van der Waals surface area contributed by atoms with Crippen molar-refractivity contribution in [1.82, 2.24) is 9.88 Å². The molecule has 1 saturated heterocycles. The lowest BCUT2D eigenvalue weighted by Crippen LogP contribution is -2.42. The highest BCUT2D eigenvalue weighted by molar-refractivity contribution is 7.90. The van der Waals surface area contributed by atoms with E-state index in [0.717, 1.165) is 12.3 Å². The van der Waals surface area contributed by atoms with Crippen molar-refractivity contribution in [2.45, 2.75) is 64.8 Å². The van der Waals surface area contributed by atoms with Gasteiger partial charge in [0.25, 0.3) is 0 Å². The number of nitrogens with zero attached hydrogens (tertiary/aromatic N) is 2. The molecule has 1 aromatic heterocycles. The van der Waals surface area contributed by atoms with Gasteiger partial charge in [-0.25, -0.2) is 27.0 Å². The van der Waals surface area contributed by atoms with Gasteiger partial charge in [0.15, 0.2) is 6.10 Å². The van der Waals surface area contributed by atoms with Gasteiger partial charge in [-0.15, -0.1) is 0 Å². The molecule has 0 aromatic carbocycles. The molecule has 1 atom stereocenters. The Labute approximate surface area is 204 Å². The molecule has 1 aliphatic heterocycles. The maximum atomic E-state index is 14.6. The highest BCUT2D eigenvalue weighted by atomic mass is 32.2. The Kier molecular flexibility index (Phi) is 8.74. The number of carbonyl (C=O) groups is 1. The maximum Gasteiger partial charge on any atom is 0.410 e. The smallest absolute Gasteiger partial charge is 0.410 e. The number of hydrogen-bond acceptors (Lipinski definition) is 7. The predicted molar refractivity (Wildman–Crippen MR) is 126 cm³/mol. The number of pyridine rings is 1. The van der Waals surface area contributed by atoms with E-state index in [1.807, 2.05) is 0 Å². The van der Waals surface area contributed by atoms with Crippen LogP contribution < -0.4 is 9.47 Å². The molecule has 1 unspecified atom stereocenters. The maximum absolute atomic E-state index is 14.6. The third-order valence-electron chi connectivity index (χ3n) is 5.77. The molecule has 194 valence electrons. The number of aromatic nitrogens is 1. The van der Waals surface area contributed by atoms with Crippen molar-refractivity contribution < 1.29 is 36.2 Å². The van der Waals surface area contributed by atoms with Crippen molar-refractivity contribution in [3.8, 4) is 11.6 Å². The van der Waals surface area contributed by atoms with Gasteiger partial charge in [0.1, 0.15) is 33.3 Å². The van der Waals surface area contributed by atoms with E-state index in [2.05, 4.69) is 4.98 Å².